The quantitative estimate of drug-likeness (QED) is 0.930. The van der Waals surface area contributed by atoms with E-state index < -0.39 is 0 Å². The van der Waals surface area contributed by atoms with Crippen molar-refractivity contribution in [1.82, 2.24) is 4.98 Å². The zero-order valence-corrected chi connectivity index (χ0v) is 11.9. The lowest BCUT2D eigenvalue weighted by atomic mass is 10.1. The summed E-state index contributed by atoms with van der Waals surface area (Å²) in [6, 6.07) is 10.5. The first-order valence-electron chi connectivity index (χ1n) is 7.18. The summed E-state index contributed by atoms with van der Waals surface area (Å²) in [4.78, 5) is 7.09. The average molecular weight is 271 g/mol. The topological polar surface area (TPSA) is 51.4 Å². The second kappa shape index (κ2) is 5.77. The highest BCUT2D eigenvalue weighted by molar-refractivity contribution is 5.92. The highest BCUT2D eigenvalue weighted by atomic mass is 16.5. The third-order valence-electron chi connectivity index (χ3n) is 3.99. The lowest BCUT2D eigenvalue weighted by Gasteiger charge is -2.33. The van der Waals surface area contributed by atoms with Crippen LogP contribution < -0.4 is 10.6 Å². The van der Waals surface area contributed by atoms with Crippen LogP contribution in [0.25, 0.3) is 10.8 Å². The number of aromatic nitrogens is 1. The molecule has 1 saturated heterocycles. The van der Waals surface area contributed by atoms with Gasteiger partial charge >= 0.3 is 0 Å². The fourth-order valence-corrected chi connectivity index (χ4v) is 2.90. The predicted molar refractivity (Wildman–Crippen MR) is 81.9 cm³/mol. The van der Waals surface area contributed by atoms with Crippen molar-refractivity contribution in [3.63, 3.8) is 0 Å². The molecule has 2 aromatic rings. The van der Waals surface area contributed by atoms with E-state index in [0.717, 1.165) is 37.4 Å². The van der Waals surface area contributed by atoms with Crippen molar-refractivity contribution in [2.24, 2.45) is 5.73 Å². The SMILES string of the molecule is COC1CCCN(c2nc(CN)cc3ccccc23)C1. The Labute approximate surface area is 119 Å². The highest BCUT2D eigenvalue weighted by Crippen LogP contribution is 2.28. The smallest absolute Gasteiger partial charge is 0.136 e. The first-order valence-corrected chi connectivity index (χ1v) is 7.18. The minimum absolute atomic E-state index is 0.297. The van der Waals surface area contributed by atoms with E-state index in [-0.39, 0.29) is 0 Å². The van der Waals surface area contributed by atoms with E-state index in [1.165, 1.54) is 10.8 Å². The molecule has 1 aromatic heterocycles. The first kappa shape index (κ1) is 13.3. The molecule has 0 aliphatic carbocycles. The van der Waals surface area contributed by atoms with Gasteiger partial charge in [-0.2, -0.15) is 0 Å². The van der Waals surface area contributed by atoms with Crippen LogP contribution in [0.3, 0.4) is 0 Å². The van der Waals surface area contributed by atoms with Crippen molar-refractivity contribution in [3.05, 3.63) is 36.0 Å². The molecule has 0 spiro atoms. The maximum atomic E-state index is 5.79. The van der Waals surface area contributed by atoms with Crippen LogP contribution in [-0.2, 0) is 11.3 Å². The molecule has 1 atom stereocenters. The summed E-state index contributed by atoms with van der Waals surface area (Å²) in [5, 5.41) is 2.40. The van der Waals surface area contributed by atoms with Gasteiger partial charge in [0.1, 0.15) is 5.82 Å². The van der Waals surface area contributed by atoms with Crippen molar-refractivity contribution in [1.29, 1.82) is 0 Å². The van der Waals surface area contributed by atoms with Gasteiger partial charge < -0.3 is 15.4 Å². The lowest BCUT2D eigenvalue weighted by Crippen LogP contribution is -2.39. The van der Waals surface area contributed by atoms with Gasteiger partial charge in [-0.1, -0.05) is 24.3 Å². The number of pyridine rings is 1. The summed E-state index contributed by atoms with van der Waals surface area (Å²) in [5.41, 5.74) is 6.73. The van der Waals surface area contributed by atoms with Crippen molar-refractivity contribution < 1.29 is 4.74 Å². The summed E-state index contributed by atoms with van der Waals surface area (Å²) < 4.78 is 5.52. The summed E-state index contributed by atoms with van der Waals surface area (Å²) in [7, 11) is 1.79. The molecule has 1 unspecified atom stereocenters. The van der Waals surface area contributed by atoms with E-state index in [4.69, 9.17) is 15.5 Å². The van der Waals surface area contributed by atoms with Gasteiger partial charge in [-0.15, -0.1) is 0 Å². The number of rotatable bonds is 3. The van der Waals surface area contributed by atoms with E-state index in [2.05, 4.69) is 35.2 Å². The molecule has 0 saturated carbocycles. The number of fused-ring (bicyclic) bond motifs is 1. The van der Waals surface area contributed by atoms with Crippen molar-refractivity contribution >= 4 is 16.6 Å². The van der Waals surface area contributed by atoms with E-state index >= 15 is 0 Å². The third-order valence-corrected chi connectivity index (χ3v) is 3.99. The Bertz CT molecular complexity index is 599. The number of piperidine rings is 1. The molecular formula is C16H21N3O. The van der Waals surface area contributed by atoms with Crippen molar-refractivity contribution in [3.8, 4) is 0 Å². The Morgan fingerprint density at radius 2 is 2.25 bits per heavy atom. The number of hydrogen-bond acceptors (Lipinski definition) is 4. The molecule has 3 rings (SSSR count). The molecular weight excluding hydrogens is 250 g/mol. The van der Waals surface area contributed by atoms with Crippen LogP contribution in [0.1, 0.15) is 18.5 Å². The highest BCUT2D eigenvalue weighted by Gasteiger charge is 2.22. The number of nitrogens with two attached hydrogens (primary N) is 1. The summed E-state index contributed by atoms with van der Waals surface area (Å²) >= 11 is 0. The summed E-state index contributed by atoms with van der Waals surface area (Å²) in [6.07, 6.45) is 2.56. The standard InChI is InChI=1S/C16H21N3O/c1-20-14-6-4-8-19(11-14)16-15-7-3-2-5-12(15)9-13(10-17)18-16/h2-3,5,7,9,14H,4,6,8,10-11,17H2,1H3. The van der Waals surface area contributed by atoms with Crippen LogP contribution in [0, 0.1) is 0 Å². The molecule has 2 heterocycles. The molecule has 2 N–H and O–H groups in total. The lowest BCUT2D eigenvalue weighted by molar-refractivity contribution is 0.0892. The van der Waals surface area contributed by atoms with Crippen molar-refractivity contribution in [2.75, 3.05) is 25.1 Å². The Kier molecular flexibility index (Phi) is 3.85. The Morgan fingerprint density at radius 3 is 3.05 bits per heavy atom. The normalized spacial score (nSPS) is 19.5. The summed E-state index contributed by atoms with van der Waals surface area (Å²) in [5.74, 6) is 1.05. The van der Waals surface area contributed by atoms with Gasteiger partial charge in [0, 0.05) is 32.1 Å². The fraction of sp³-hybridized carbons (Fsp3) is 0.438. The molecule has 20 heavy (non-hydrogen) atoms. The number of benzene rings is 1. The maximum absolute atomic E-state index is 5.79. The van der Waals surface area contributed by atoms with Crippen molar-refractivity contribution in [2.45, 2.75) is 25.5 Å². The molecule has 1 aliphatic rings. The molecule has 0 bridgehead atoms. The molecule has 4 nitrogen and oxygen atoms in total. The van der Waals surface area contributed by atoms with E-state index in [1.54, 1.807) is 7.11 Å². The number of anilines is 1. The number of nitrogens with zero attached hydrogens (tertiary/aromatic N) is 2. The van der Waals surface area contributed by atoms with Crippen LogP contribution in [0.2, 0.25) is 0 Å². The third kappa shape index (κ3) is 2.49. The van der Waals surface area contributed by atoms with Gasteiger partial charge in [-0.3, -0.25) is 0 Å². The van der Waals surface area contributed by atoms with Crippen LogP contribution >= 0.6 is 0 Å². The second-order valence-electron chi connectivity index (χ2n) is 5.31. The Morgan fingerprint density at radius 1 is 1.40 bits per heavy atom. The average Bonchev–Trinajstić information content (AvgIpc) is 2.53. The van der Waals surface area contributed by atoms with Crippen LogP contribution in [0.4, 0.5) is 5.82 Å². The molecule has 1 aromatic carbocycles. The molecule has 0 amide bonds. The number of hydrogen-bond donors (Lipinski definition) is 1. The minimum Gasteiger partial charge on any atom is -0.380 e. The van der Waals surface area contributed by atoms with Gasteiger partial charge in [0.15, 0.2) is 0 Å². The number of methoxy groups -OCH3 is 1. The van der Waals surface area contributed by atoms with Crippen LogP contribution in [0.5, 0.6) is 0 Å². The zero-order chi connectivity index (χ0) is 13.9. The van der Waals surface area contributed by atoms with Gasteiger partial charge in [0.2, 0.25) is 0 Å². The van der Waals surface area contributed by atoms with Gasteiger partial charge in [0.25, 0.3) is 0 Å². The van der Waals surface area contributed by atoms with E-state index in [9.17, 15) is 0 Å². The minimum atomic E-state index is 0.297. The van der Waals surface area contributed by atoms with E-state index in [1.807, 2.05) is 0 Å². The number of ether oxygens (including phenoxy) is 1. The van der Waals surface area contributed by atoms with Gasteiger partial charge in [-0.25, -0.2) is 4.98 Å². The van der Waals surface area contributed by atoms with Crippen LogP contribution in [0.15, 0.2) is 30.3 Å². The second-order valence-corrected chi connectivity index (χ2v) is 5.31. The zero-order valence-electron chi connectivity index (χ0n) is 11.9. The maximum Gasteiger partial charge on any atom is 0.136 e. The Hall–Kier alpha value is -1.65. The Balaban J connectivity index is 2.04. The molecule has 4 heteroatoms. The van der Waals surface area contributed by atoms with E-state index in [0.29, 0.717) is 12.6 Å². The largest absolute Gasteiger partial charge is 0.380 e. The molecule has 1 aliphatic heterocycles. The molecule has 0 radical (unpaired) electrons. The fourth-order valence-electron chi connectivity index (χ4n) is 2.90. The van der Waals surface area contributed by atoms with Gasteiger partial charge in [0.05, 0.1) is 11.8 Å². The summed E-state index contributed by atoms with van der Waals surface area (Å²) in [6.45, 7) is 2.41. The monoisotopic (exact) mass is 271 g/mol. The predicted octanol–water partition coefficient (Wildman–Crippen LogP) is 2.31. The van der Waals surface area contributed by atoms with Gasteiger partial charge in [-0.05, 0) is 24.3 Å². The first-order chi connectivity index (χ1) is 9.81. The molecule has 106 valence electrons. The molecule has 1 fully saturated rings. The van der Waals surface area contributed by atoms with Crippen LogP contribution in [-0.4, -0.2) is 31.3 Å².